The molecule has 2 nitrogen and oxygen atoms in total. The van der Waals surface area contributed by atoms with Crippen molar-refractivity contribution in [3.8, 4) is 5.69 Å². The van der Waals surface area contributed by atoms with Crippen LogP contribution in [0.25, 0.3) is 5.69 Å². The Hall–Kier alpha value is -0.800. The number of hydrogen-bond acceptors (Lipinski definition) is 1. The van der Waals surface area contributed by atoms with E-state index in [-0.39, 0.29) is 0 Å². The average Bonchev–Trinajstić information content (AvgIpc) is 2.64. The zero-order valence-electron chi connectivity index (χ0n) is 8.24. The summed E-state index contributed by atoms with van der Waals surface area (Å²) in [5.41, 5.74) is 3.21. The Labute approximate surface area is 102 Å². The summed E-state index contributed by atoms with van der Waals surface area (Å²) in [7, 11) is 0. The van der Waals surface area contributed by atoms with Gasteiger partial charge in [0.2, 0.25) is 0 Å². The predicted molar refractivity (Wildman–Crippen MR) is 65.9 cm³/mol. The third-order valence-electron chi connectivity index (χ3n) is 2.19. The number of nitrogens with zero attached hydrogens (tertiary/aromatic N) is 2. The van der Waals surface area contributed by atoms with Crippen molar-refractivity contribution < 1.29 is 0 Å². The Morgan fingerprint density at radius 3 is 2.87 bits per heavy atom. The second-order valence-corrected chi connectivity index (χ2v) is 4.30. The van der Waals surface area contributed by atoms with Crippen molar-refractivity contribution >= 4 is 27.5 Å². The summed E-state index contributed by atoms with van der Waals surface area (Å²) < 4.78 is 1.85. The Kier molecular flexibility index (Phi) is 3.12. The molecule has 0 spiro atoms. The van der Waals surface area contributed by atoms with Gasteiger partial charge in [-0.25, -0.2) is 4.68 Å². The Morgan fingerprint density at radius 2 is 2.27 bits per heavy atom. The molecule has 2 aromatic rings. The van der Waals surface area contributed by atoms with Crippen molar-refractivity contribution in [1.29, 1.82) is 0 Å². The molecule has 0 bridgehead atoms. The van der Waals surface area contributed by atoms with Gasteiger partial charge in [-0.1, -0.05) is 33.6 Å². The molecule has 0 aliphatic rings. The van der Waals surface area contributed by atoms with Crippen molar-refractivity contribution in [2.45, 2.75) is 12.3 Å². The molecular formula is C11H10BrClN2. The summed E-state index contributed by atoms with van der Waals surface area (Å²) in [5, 5.41) is 5.76. The number of benzene rings is 1. The Bertz CT molecular complexity index is 479. The minimum absolute atomic E-state index is 0.723. The second-order valence-electron chi connectivity index (χ2n) is 3.33. The fourth-order valence-corrected chi connectivity index (χ4v) is 2.43. The van der Waals surface area contributed by atoms with Crippen LogP contribution in [0.1, 0.15) is 11.1 Å². The van der Waals surface area contributed by atoms with Gasteiger partial charge < -0.3 is 0 Å². The van der Waals surface area contributed by atoms with Crippen molar-refractivity contribution in [3.63, 3.8) is 0 Å². The van der Waals surface area contributed by atoms with Crippen LogP contribution in [-0.2, 0) is 5.33 Å². The number of aryl methyl sites for hydroxylation is 1. The fraction of sp³-hybridized carbons (Fsp3) is 0.182. The van der Waals surface area contributed by atoms with Crippen LogP contribution >= 0.6 is 27.5 Å². The van der Waals surface area contributed by atoms with Crippen molar-refractivity contribution in [3.05, 3.63) is 46.7 Å². The largest absolute Gasteiger partial charge is 0.240 e. The molecule has 2 rings (SSSR count). The van der Waals surface area contributed by atoms with Crippen LogP contribution in [0.5, 0.6) is 0 Å². The van der Waals surface area contributed by atoms with E-state index in [2.05, 4.69) is 21.0 Å². The first-order valence-electron chi connectivity index (χ1n) is 4.57. The first kappa shape index (κ1) is 10.7. The van der Waals surface area contributed by atoms with Crippen LogP contribution in [0.4, 0.5) is 0 Å². The fourth-order valence-electron chi connectivity index (χ4n) is 1.44. The van der Waals surface area contributed by atoms with E-state index in [1.165, 1.54) is 0 Å². The highest BCUT2D eigenvalue weighted by Gasteiger charge is 2.07. The van der Waals surface area contributed by atoms with Gasteiger partial charge in [-0.3, -0.25) is 0 Å². The number of halogens is 2. The number of hydrogen-bond donors (Lipinski definition) is 0. The molecule has 0 atom stereocenters. The lowest BCUT2D eigenvalue weighted by Gasteiger charge is -2.08. The molecule has 0 N–H and O–H groups in total. The standard InChI is InChI=1S/C11H10BrClN2/c1-8-6-14-15(7-8)11-4-2-3-10(13)9(11)5-12/h2-4,6-7H,5H2,1H3. The summed E-state index contributed by atoms with van der Waals surface area (Å²) in [4.78, 5) is 0. The molecular weight excluding hydrogens is 275 g/mol. The van der Waals surface area contributed by atoms with E-state index in [1.54, 1.807) is 0 Å². The van der Waals surface area contributed by atoms with Crippen LogP contribution in [0.15, 0.2) is 30.6 Å². The maximum atomic E-state index is 6.12. The zero-order chi connectivity index (χ0) is 10.8. The highest BCUT2D eigenvalue weighted by molar-refractivity contribution is 9.08. The molecule has 0 radical (unpaired) electrons. The molecule has 0 fully saturated rings. The van der Waals surface area contributed by atoms with E-state index in [0.29, 0.717) is 0 Å². The van der Waals surface area contributed by atoms with E-state index >= 15 is 0 Å². The van der Waals surface area contributed by atoms with Gasteiger partial charge in [0.1, 0.15) is 0 Å². The minimum Gasteiger partial charge on any atom is -0.240 e. The minimum atomic E-state index is 0.723. The maximum absolute atomic E-state index is 6.12. The molecule has 4 heteroatoms. The lowest BCUT2D eigenvalue weighted by Crippen LogP contribution is -1.99. The molecule has 0 unspecified atom stereocenters. The quantitative estimate of drug-likeness (QED) is 0.769. The van der Waals surface area contributed by atoms with Crippen molar-refractivity contribution in [2.75, 3.05) is 0 Å². The van der Waals surface area contributed by atoms with Gasteiger partial charge in [-0.2, -0.15) is 5.10 Å². The lowest BCUT2D eigenvalue weighted by atomic mass is 10.2. The third-order valence-corrected chi connectivity index (χ3v) is 3.10. The van der Waals surface area contributed by atoms with Gasteiger partial charge in [-0.05, 0) is 24.6 Å². The van der Waals surface area contributed by atoms with E-state index in [0.717, 1.165) is 27.2 Å². The first-order valence-corrected chi connectivity index (χ1v) is 6.07. The molecule has 15 heavy (non-hydrogen) atoms. The summed E-state index contributed by atoms with van der Waals surface area (Å²) >= 11 is 9.55. The monoisotopic (exact) mass is 284 g/mol. The maximum Gasteiger partial charge on any atom is 0.0701 e. The normalized spacial score (nSPS) is 10.6. The van der Waals surface area contributed by atoms with Crippen LogP contribution in [0.2, 0.25) is 5.02 Å². The van der Waals surface area contributed by atoms with E-state index in [4.69, 9.17) is 11.6 Å². The predicted octanol–water partition coefficient (Wildman–Crippen LogP) is 3.73. The molecule has 1 heterocycles. The summed E-state index contributed by atoms with van der Waals surface area (Å²) in [6, 6.07) is 5.83. The van der Waals surface area contributed by atoms with Gasteiger partial charge in [-0.15, -0.1) is 0 Å². The topological polar surface area (TPSA) is 17.8 Å². The molecule has 1 aromatic heterocycles. The van der Waals surface area contributed by atoms with E-state index < -0.39 is 0 Å². The van der Waals surface area contributed by atoms with Gasteiger partial charge in [0.15, 0.2) is 0 Å². The van der Waals surface area contributed by atoms with Crippen molar-refractivity contribution in [2.24, 2.45) is 0 Å². The Morgan fingerprint density at radius 1 is 1.47 bits per heavy atom. The first-order chi connectivity index (χ1) is 7.22. The zero-order valence-corrected chi connectivity index (χ0v) is 10.6. The van der Waals surface area contributed by atoms with Gasteiger partial charge in [0.25, 0.3) is 0 Å². The van der Waals surface area contributed by atoms with Crippen molar-refractivity contribution in [1.82, 2.24) is 9.78 Å². The second kappa shape index (κ2) is 4.37. The van der Waals surface area contributed by atoms with E-state index in [1.807, 2.05) is 42.2 Å². The van der Waals surface area contributed by atoms with Crippen LogP contribution < -0.4 is 0 Å². The molecule has 78 valence electrons. The van der Waals surface area contributed by atoms with Gasteiger partial charge in [0, 0.05) is 22.1 Å². The molecule has 0 saturated heterocycles. The van der Waals surface area contributed by atoms with Gasteiger partial charge >= 0.3 is 0 Å². The number of rotatable bonds is 2. The average molecular weight is 286 g/mol. The third kappa shape index (κ3) is 2.08. The SMILES string of the molecule is Cc1cnn(-c2cccc(Cl)c2CBr)c1. The Balaban J connectivity index is 2.57. The van der Waals surface area contributed by atoms with E-state index in [9.17, 15) is 0 Å². The highest BCUT2D eigenvalue weighted by Crippen LogP contribution is 2.25. The number of aromatic nitrogens is 2. The summed E-state index contributed by atoms with van der Waals surface area (Å²) in [6.07, 6.45) is 3.82. The van der Waals surface area contributed by atoms with Crippen LogP contribution in [0.3, 0.4) is 0 Å². The van der Waals surface area contributed by atoms with Gasteiger partial charge in [0.05, 0.1) is 11.9 Å². The van der Waals surface area contributed by atoms with Crippen LogP contribution in [0, 0.1) is 6.92 Å². The molecule has 0 aliphatic carbocycles. The summed E-state index contributed by atoms with van der Waals surface area (Å²) in [5.74, 6) is 0. The molecule has 0 saturated carbocycles. The molecule has 0 amide bonds. The highest BCUT2D eigenvalue weighted by atomic mass is 79.9. The van der Waals surface area contributed by atoms with Crippen LogP contribution in [-0.4, -0.2) is 9.78 Å². The number of alkyl halides is 1. The lowest BCUT2D eigenvalue weighted by molar-refractivity contribution is 0.871. The molecule has 0 aliphatic heterocycles. The summed E-state index contributed by atoms with van der Waals surface area (Å²) in [6.45, 7) is 2.02. The smallest absolute Gasteiger partial charge is 0.0701 e. The molecule has 1 aromatic carbocycles.